The Kier molecular flexibility index (Phi) is 12.1. The van der Waals surface area contributed by atoms with Crippen molar-refractivity contribution in [2.45, 2.75) is 52.6 Å². The van der Waals surface area contributed by atoms with Crippen LogP contribution in [0.4, 0.5) is 0 Å². The zero-order chi connectivity index (χ0) is 24.5. The summed E-state index contributed by atoms with van der Waals surface area (Å²) in [5, 5.41) is 0. The molecule has 0 nitrogen and oxygen atoms in total. The monoisotopic (exact) mass is 630 g/mol. The van der Waals surface area contributed by atoms with Gasteiger partial charge in [-0.3, -0.25) is 0 Å². The van der Waals surface area contributed by atoms with Gasteiger partial charge in [-0.15, -0.1) is 16.7 Å². The number of halogens is 2. The maximum atomic E-state index is 3.69. The second-order valence-corrected chi connectivity index (χ2v) is 10.9. The maximum Gasteiger partial charge on any atom is 3.00 e. The van der Waals surface area contributed by atoms with Crippen molar-refractivity contribution in [1.82, 2.24) is 0 Å². The number of hydrogen-bond acceptors (Lipinski definition) is 0. The van der Waals surface area contributed by atoms with Crippen molar-refractivity contribution in [3.8, 4) is 22.3 Å². The molecule has 0 heterocycles. The number of rotatable bonds is 3. The zero-order valence-electron chi connectivity index (χ0n) is 22.8. The summed E-state index contributed by atoms with van der Waals surface area (Å²) in [5.74, 6) is 0.296. The Balaban J connectivity index is 0.000000809. The first-order valence-electron chi connectivity index (χ1n) is 12.8. The van der Waals surface area contributed by atoms with Crippen molar-refractivity contribution >= 4 is 15.6 Å². The quantitative estimate of drug-likeness (QED) is 0.212. The van der Waals surface area contributed by atoms with Crippen LogP contribution in [0.3, 0.4) is 0 Å². The van der Waals surface area contributed by atoms with E-state index in [1.54, 1.807) is 0 Å². The maximum absolute atomic E-state index is 3.69. The van der Waals surface area contributed by atoms with Gasteiger partial charge in [0.25, 0.3) is 0 Å². The number of aryl methyl sites for hydroxylation is 1. The van der Waals surface area contributed by atoms with Gasteiger partial charge in [0.15, 0.2) is 0 Å². The van der Waals surface area contributed by atoms with Gasteiger partial charge < -0.3 is 24.8 Å². The Morgan fingerprint density at radius 3 is 2.21 bits per heavy atom. The largest absolute Gasteiger partial charge is 3.00 e. The van der Waals surface area contributed by atoms with Crippen LogP contribution in [-0.4, -0.2) is 9.52 Å². The first-order valence-corrected chi connectivity index (χ1v) is 15.2. The summed E-state index contributed by atoms with van der Waals surface area (Å²) >= 11 is 0. The van der Waals surface area contributed by atoms with Gasteiger partial charge in [0, 0.05) is 15.4 Å². The SMILES string of the molecule is CCC1=Cc2c(-c3cccc(C)c3C)cccc2C1c1[c-]ccc2c1Cc1ccccc1-2.C[SiH]C.[Cl-].[Cl-].[Zr+3]. The molecule has 0 saturated heterocycles. The summed E-state index contributed by atoms with van der Waals surface area (Å²) < 4.78 is 0. The first-order chi connectivity index (χ1) is 17.1. The Hall–Kier alpha value is -1.70. The molecule has 192 valence electrons. The molecule has 4 heteroatoms. The summed E-state index contributed by atoms with van der Waals surface area (Å²) in [6.07, 6.45) is 4.53. The van der Waals surface area contributed by atoms with Crippen LogP contribution in [0, 0.1) is 19.9 Å². The zero-order valence-corrected chi connectivity index (χ0v) is 28.0. The van der Waals surface area contributed by atoms with Crippen LogP contribution in [0.25, 0.3) is 28.3 Å². The van der Waals surface area contributed by atoms with E-state index in [1.165, 1.54) is 66.8 Å². The van der Waals surface area contributed by atoms with Crippen molar-refractivity contribution in [1.29, 1.82) is 0 Å². The summed E-state index contributed by atoms with van der Waals surface area (Å²) in [6, 6.07) is 30.5. The molecule has 2 radical (unpaired) electrons. The van der Waals surface area contributed by atoms with Crippen molar-refractivity contribution in [3.05, 3.63) is 123 Å². The molecular weight excluding hydrogens is 599 g/mol. The molecule has 4 aromatic rings. The summed E-state index contributed by atoms with van der Waals surface area (Å²) in [4.78, 5) is 0. The number of benzene rings is 4. The summed E-state index contributed by atoms with van der Waals surface area (Å²) in [7, 11) is 0.750. The normalized spacial score (nSPS) is 13.8. The first kappa shape index (κ1) is 32.5. The van der Waals surface area contributed by atoms with Crippen LogP contribution in [0.5, 0.6) is 0 Å². The average molecular weight is 633 g/mol. The molecule has 0 saturated carbocycles. The molecule has 6 rings (SSSR count). The molecule has 4 aromatic carbocycles. The minimum atomic E-state index is 0. The molecule has 38 heavy (non-hydrogen) atoms. The van der Waals surface area contributed by atoms with Crippen LogP contribution >= 0.6 is 0 Å². The van der Waals surface area contributed by atoms with Crippen molar-refractivity contribution in [2.24, 2.45) is 0 Å². The Bertz CT molecular complexity index is 1440. The van der Waals surface area contributed by atoms with Crippen molar-refractivity contribution in [2.75, 3.05) is 0 Å². The van der Waals surface area contributed by atoms with Gasteiger partial charge in [-0.25, -0.2) is 0 Å². The van der Waals surface area contributed by atoms with E-state index in [9.17, 15) is 0 Å². The van der Waals surface area contributed by atoms with E-state index in [1.807, 2.05) is 0 Å². The van der Waals surface area contributed by atoms with Gasteiger partial charge in [0.2, 0.25) is 0 Å². The van der Waals surface area contributed by atoms with E-state index in [-0.39, 0.29) is 51.0 Å². The van der Waals surface area contributed by atoms with Gasteiger partial charge in [-0.2, -0.15) is 18.2 Å². The van der Waals surface area contributed by atoms with Gasteiger partial charge in [-0.1, -0.05) is 92.3 Å². The fourth-order valence-electron chi connectivity index (χ4n) is 5.76. The molecule has 0 N–H and O–H groups in total. The van der Waals surface area contributed by atoms with Gasteiger partial charge >= 0.3 is 26.2 Å². The average Bonchev–Trinajstić information content (AvgIpc) is 3.44. The predicted molar refractivity (Wildman–Crippen MR) is 154 cm³/mol. The summed E-state index contributed by atoms with van der Waals surface area (Å²) in [5.41, 5.74) is 16.8. The molecule has 0 amide bonds. The smallest absolute Gasteiger partial charge is 1.00 e. The molecule has 2 aliphatic carbocycles. The van der Waals surface area contributed by atoms with E-state index in [2.05, 4.69) is 119 Å². The van der Waals surface area contributed by atoms with Crippen LogP contribution in [-0.2, 0) is 32.6 Å². The standard InChI is InChI=1S/C32H27.C2H7Si.2ClH.Zr/c1-4-22-18-30-26(24-13-7-10-20(2)21(24)3)14-8-16-28(30)32(22)29-17-9-15-27-25-12-6-5-11-23(25)19-31(27)29;1-3-2;;;/h5-16,18,32H,4,19H2,1-3H3;3H,1-2H3;2*1H;/q-1;;;;+3/p-2. The number of fused-ring (bicyclic) bond motifs is 4. The minimum absolute atomic E-state index is 0. The van der Waals surface area contributed by atoms with E-state index in [0.717, 1.165) is 22.4 Å². The molecule has 1 unspecified atom stereocenters. The second-order valence-electron chi connectivity index (χ2n) is 9.76. The Morgan fingerprint density at radius 2 is 1.47 bits per heavy atom. The third-order valence-corrected chi connectivity index (χ3v) is 7.56. The van der Waals surface area contributed by atoms with Gasteiger partial charge in [-0.05, 0) is 71.2 Å². The molecule has 1 atom stereocenters. The van der Waals surface area contributed by atoms with Crippen LogP contribution < -0.4 is 24.8 Å². The van der Waals surface area contributed by atoms with E-state index in [4.69, 9.17) is 0 Å². The minimum Gasteiger partial charge on any atom is -1.00 e. The molecule has 0 fully saturated rings. The van der Waals surface area contributed by atoms with Crippen LogP contribution in [0.2, 0.25) is 13.1 Å². The fourth-order valence-corrected chi connectivity index (χ4v) is 5.76. The molecule has 2 aliphatic rings. The molecule has 0 bridgehead atoms. The van der Waals surface area contributed by atoms with Crippen LogP contribution in [0.1, 0.15) is 58.2 Å². The van der Waals surface area contributed by atoms with Gasteiger partial charge in [0.05, 0.1) is 0 Å². The predicted octanol–water partition coefficient (Wildman–Crippen LogP) is 2.81. The Labute approximate surface area is 263 Å². The fraction of sp³-hybridized carbons (Fsp3) is 0.235. The third-order valence-electron chi connectivity index (χ3n) is 7.56. The molecule has 0 spiro atoms. The van der Waals surface area contributed by atoms with E-state index < -0.39 is 0 Å². The Morgan fingerprint density at radius 1 is 0.816 bits per heavy atom. The number of allylic oxidation sites excluding steroid dienone is 1. The van der Waals surface area contributed by atoms with Crippen molar-refractivity contribution in [3.63, 3.8) is 0 Å². The molecule has 0 aromatic heterocycles. The third kappa shape index (κ3) is 5.75. The van der Waals surface area contributed by atoms with Crippen LogP contribution in [0.15, 0.2) is 78.4 Å². The number of hydrogen-bond donors (Lipinski definition) is 0. The summed E-state index contributed by atoms with van der Waals surface area (Å²) in [6.45, 7) is 11.2. The van der Waals surface area contributed by atoms with Gasteiger partial charge in [0.1, 0.15) is 0 Å². The second kappa shape index (κ2) is 14.1. The topological polar surface area (TPSA) is 0 Å². The van der Waals surface area contributed by atoms with E-state index >= 15 is 0 Å². The molecular formula is C34H34Cl2SiZr. The van der Waals surface area contributed by atoms with Crippen molar-refractivity contribution < 1.29 is 51.0 Å². The molecule has 0 aliphatic heterocycles. The van der Waals surface area contributed by atoms with E-state index in [0.29, 0.717) is 5.92 Å².